The third-order valence-electron chi connectivity index (χ3n) is 3.26. The van der Waals surface area contributed by atoms with Crippen LogP contribution in [0.5, 0.6) is 0 Å². The van der Waals surface area contributed by atoms with Crippen molar-refractivity contribution in [2.24, 2.45) is 5.92 Å². The lowest BCUT2D eigenvalue weighted by atomic mass is 9.86. The van der Waals surface area contributed by atoms with E-state index >= 15 is 0 Å². The summed E-state index contributed by atoms with van der Waals surface area (Å²) in [6.45, 7) is 3.92. The van der Waals surface area contributed by atoms with Crippen molar-refractivity contribution >= 4 is 12.0 Å². The van der Waals surface area contributed by atoms with Crippen LogP contribution in [-0.2, 0) is 9.53 Å². The highest BCUT2D eigenvalue weighted by molar-refractivity contribution is 5.82. The van der Waals surface area contributed by atoms with Crippen molar-refractivity contribution in [2.45, 2.75) is 25.9 Å². The lowest BCUT2D eigenvalue weighted by Crippen LogP contribution is -2.57. The van der Waals surface area contributed by atoms with Crippen molar-refractivity contribution in [1.29, 1.82) is 0 Å². The van der Waals surface area contributed by atoms with Gasteiger partial charge in [0.05, 0.1) is 12.6 Å². The van der Waals surface area contributed by atoms with Crippen LogP contribution >= 0.6 is 0 Å². The quantitative estimate of drug-likeness (QED) is 0.813. The van der Waals surface area contributed by atoms with E-state index in [9.17, 15) is 9.59 Å². The Bertz CT molecular complexity index is 461. The van der Waals surface area contributed by atoms with Crippen molar-refractivity contribution in [2.75, 3.05) is 6.61 Å². The second-order valence-corrected chi connectivity index (χ2v) is 4.57. The third-order valence-corrected chi connectivity index (χ3v) is 3.26. The summed E-state index contributed by atoms with van der Waals surface area (Å²) in [6, 6.07) is 8.58. The van der Waals surface area contributed by atoms with Crippen LogP contribution in [0.1, 0.15) is 25.5 Å². The van der Waals surface area contributed by atoms with Gasteiger partial charge in [0.2, 0.25) is 0 Å². The second kappa shape index (κ2) is 5.73. The maximum Gasteiger partial charge on any atom is 0.315 e. The van der Waals surface area contributed by atoms with E-state index in [1.807, 2.05) is 37.3 Å². The van der Waals surface area contributed by atoms with Gasteiger partial charge in [-0.1, -0.05) is 30.3 Å². The average Bonchev–Trinajstić information content (AvgIpc) is 2.39. The van der Waals surface area contributed by atoms with Crippen LogP contribution in [0, 0.1) is 5.92 Å². The van der Waals surface area contributed by atoms with Crippen molar-refractivity contribution in [3.05, 3.63) is 35.9 Å². The largest absolute Gasteiger partial charge is 0.466 e. The molecule has 0 unspecified atom stereocenters. The minimum absolute atomic E-state index is 0.262. The SMILES string of the molecule is CCOC(=O)[C@H]1[C@@H](c2ccccc2)NC(=O)N[C@@H]1C. The molecule has 2 amide bonds. The Morgan fingerprint density at radius 1 is 1.26 bits per heavy atom. The number of esters is 1. The Hall–Kier alpha value is -2.04. The monoisotopic (exact) mass is 262 g/mol. The number of hydrogen-bond donors (Lipinski definition) is 2. The average molecular weight is 262 g/mol. The number of ether oxygens (including phenoxy) is 1. The van der Waals surface area contributed by atoms with Crippen molar-refractivity contribution < 1.29 is 14.3 Å². The van der Waals surface area contributed by atoms with Crippen molar-refractivity contribution in [3.63, 3.8) is 0 Å². The molecule has 0 radical (unpaired) electrons. The Balaban J connectivity index is 2.29. The molecule has 19 heavy (non-hydrogen) atoms. The summed E-state index contributed by atoms with van der Waals surface area (Å²) in [5.41, 5.74) is 0.905. The lowest BCUT2D eigenvalue weighted by Gasteiger charge is -2.36. The molecule has 0 saturated carbocycles. The molecule has 1 saturated heterocycles. The molecule has 2 N–H and O–H groups in total. The topological polar surface area (TPSA) is 67.4 Å². The van der Waals surface area contributed by atoms with Gasteiger partial charge in [-0.2, -0.15) is 0 Å². The number of carbonyl (C=O) groups is 2. The molecule has 2 rings (SSSR count). The number of carbonyl (C=O) groups excluding carboxylic acids is 2. The molecule has 3 atom stereocenters. The van der Waals surface area contributed by atoms with Crippen LogP contribution < -0.4 is 10.6 Å². The van der Waals surface area contributed by atoms with E-state index < -0.39 is 5.92 Å². The lowest BCUT2D eigenvalue weighted by molar-refractivity contribution is -0.150. The van der Waals surface area contributed by atoms with Gasteiger partial charge >= 0.3 is 12.0 Å². The molecular weight excluding hydrogens is 244 g/mol. The first-order chi connectivity index (χ1) is 9.13. The molecule has 0 aliphatic carbocycles. The molecule has 0 aromatic heterocycles. The Morgan fingerprint density at radius 3 is 2.58 bits per heavy atom. The molecule has 1 aliphatic rings. The summed E-state index contributed by atoms with van der Waals surface area (Å²) >= 11 is 0. The normalized spacial score (nSPS) is 26.2. The van der Waals surface area contributed by atoms with E-state index in [1.54, 1.807) is 6.92 Å². The van der Waals surface area contributed by atoms with Gasteiger partial charge in [0.15, 0.2) is 0 Å². The van der Waals surface area contributed by atoms with Crippen LogP contribution in [0.15, 0.2) is 30.3 Å². The number of amides is 2. The highest BCUT2D eigenvalue weighted by Crippen LogP contribution is 2.28. The summed E-state index contributed by atoms with van der Waals surface area (Å²) < 4.78 is 5.11. The maximum absolute atomic E-state index is 12.1. The van der Waals surface area contributed by atoms with Crippen LogP contribution in [0.3, 0.4) is 0 Å². The van der Waals surface area contributed by atoms with E-state index in [4.69, 9.17) is 4.74 Å². The second-order valence-electron chi connectivity index (χ2n) is 4.57. The summed E-state index contributed by atoms with van der Waals surface area (Å²) in [5, 5.41) is 5.52. The number of benzene rings is 1. The minimum atomic E-state index is -0.431. The molecular formula is C14H18N2O3. The summed E-state index contributed by atoms with van der Waals surface area (Å²) in [4.78, 5) is 23.7. The fourth-order valence-electron chi connectivity index (χ4n) is 2.39. The van der Waals surface area contributed by atoms with Gasteiger partial charge in [-0.15, -0.1) is 0 Å². The summed E-state index contributed by atoms with van der Waals surface area (Å²) in [5.74, 6) is -0.726. The fourth-order valence-corrected chi connectivity index (χ4v) is 2.39. The minimum Gasteiger partial charge on any atom is -0.466 e. The van der Waals surface area contributed by atoms with Gasteiger partial charge in [-0.25, -0.2) is 4.79 Å². The fraction of sp³-hybridized carbons (Fsp3) is 0.429. The van der Waals surface area contributed by atoms with Crippen LogP contribution in [0.2, 0.25) is 0 Å². The number of rotatable bonds is 3. The predicted octanol–water partition coefficient (Wildman–Crippen LogP) is 1.61. The van der Waals surface area contributed by atoms with Crippen LogP contribution in [-0.4, -0.2) is 24.6 Å². The van der Waals surface area contributed by atoms with Crippen LogP contribution in [0.4, 0.5) is 4.79 Å². The first-order valence-corrected chi connectivity index (χ1v) is 6.42. The molecule has 102 valence electrons. The van der Waals surface area contributed by atoms with Gasteiger partial charge in [0.25, 0.3) is 0 Å². The third kappa shape index (κ3) is 2.86. The van der Waals surface area contributed by atoms with E-state index in [-0.39, 0.29) is 24.1 Å². The van der Waals surface area contributed by atoms with Gasteiger partial charge in [0.1, 0.15) is 5.92 Å². The summed E-state index contributed by atoms with van der Waals surface area (Å²) in [7, 11) is 0. The van der Waals surface area contributed by atoms with E-state index in [0.29, 0.717) is 6.61 Å². The molecule has 0 spiro atoms. The zero-order chi connectivity index (χ0) is 13.8. The zero-order valence-corrected chi connectivity index (χ0v) is 11.1. The smallest absolute Gasteiger partial charge is 0.315 e. The van der Waals surface area contributed by atoms with E-state index in [2.05, 4.69) is 10.6 Å². The molecule has 1 fully saturated rings. The highest BCUT2D eigenvalue weighted by atomic mass is 16.5. The molecule has 5 nitrogen and oxygen atoms in total. The first-order valence-electron chi connectivity index (χ1n) is 6.42. The van der Waals surface area contributed by atoms with Crippen LogP contribution in [0.25, 0.3) is 0 Å². The Kier molecular flexibility index (Phi) is 4.04. The van der Waals surface area contributed by atoms with E-state index in [1.165, 1.54) is 0 Å². The number of hydrogen-bond acceptors (Lipinski definition) is 3. The predicted molar refractivity (Wildman–Crippen MR) is 70.4 cm³/mol. The molecule has 1 aliphatic heterocycles. The van der Waals surface area contributed by atoms with Gasteiger partial charge in [-0.3, -0.25) is 4.79 Å². The molecule has 0 bridgehead atoms. The Labute approximate surface area is 112 Å². The molecule has 1 heterocycles. The summed E-state index contributed by atoms with van der Waals surface area (Å²) in [6.07, 6.45) is 0. The first kappa shape index (κ1) is 13.4. The molecule has 1 aromatic carbocycles. The molecule has 5 heteroatoms. The van der Waals surface area contributed by atoms with Gasteiger partial charge in [0, 0.05) is 6.04 Å². The molecule has 1 aromatic rings. The zero-order valence-electron chi connectivity index (χ0n) is 11.1. The standard InChI is InChI=1S/C14H18N2O3/c1-3-19-13(17)11-9(2)15-14(18)16-12(11)10-7-5-4-6-8-10/h4-9,11-12H,3H2,1-2H3,(H2,15,16,18)/t9-,11-,12-/m1/s1. The number of urea groups is 1. The number of nitrogens with one attached hydrogen (secondary N) is 2. The maximum atomic E-state index is 12.1. The highest BCUT2D eigenvalue weighted by Gasteiger charge is 2.40. The van der Waals surface area contributed by atoms with E-state index in [0.717, 1.165) is 5.56 Å². The van der Waals surface area contributed by atoms with Crippen molar-refractivity contribution in [3.8, 4) is 0 Å². The van der Waals surface area contributed by atoms with Gasteiger partial charge in [-0.05, 0) is 19.4 Å². The van der Waals surface area contributed by atoms with Crippen molar-refractivity contribution in [1.82, 2.24) is 10.6 Å². The van der Waals surface area contributed by atoms with Gasteiger partial charge < -0.3 is 15.4 Å². The Morgan fingerprint density at radius 2 is 1.95 bits per heavy atom.